The van der Waals surface area contributed by atoms with E-state index in [0.717, 1.165) is 46.2 Å². The number of rotatable bonds is 0. The zero-order chi connectivity index (χ0) is 27.1. The molecule has 8 nitrogen and oxygen atoms in total. The Morgan fingerprint density at radius 2 is 0.769 bits per heavy atom. The predicted molar refractivity (Wildman–Crippen MR) is 171 cm³/mol. The average Bonchev–Trinajstić information content (AvgIpc) is 3.67. The van der Waals surface area contributed by atoms with Gasteiger partial charge in [-0.1, -0.05) is 21.3 Å². The third kappa shape index (κ3) is 25.7. The molecule has 0 amide bonds. The number of aryl methyl sites for hydroxylation is 1. The second kappa shape index (κ2) is 27.2. The molecule has 0 saturated carbocycles. The van der Waals surface area contributed by atoms with Gasteiger partial charge in [0.2, 0.25) is 0 Å². The summed E-state index contributed by atoms with van der Waals surface area (Å²) in [7, 11) is 12.7. The number of hydrogen-bond donors (Lipinski definition) is 0. The van der Waals surface area contributed by atoms with Crippen molar-refractivity contribution in [2.45, 2.75) is 53.4 Å². The first-order valence-electron chi connectivity index (χ1n) is 14.5. The maximum absolute atomic E-state index is 5.10. The summed E-state index contributed by atoms with van der Waals surface area (Å²) in [5.41, 5.74) is 0. The smallest absolute Gasteiger partial charge is 0.0989 e. The van der Waals surface area contributed by atoms with Crippen molar-refractivity contribution in [2.24, 2.45) is 7.05 Å². The van der Waals surface area contributed by atoms with E-state index in [0.29, 0.717) is 0 Å². The van der Waals surface area contributed by atoms with Crippen molar-refractivity contribution < 1.29 is 9.47 Å². The molecule has 0 unspecified atom stereocenters. The minimum atomic E-state index is 0. The third-order valence-corrected chi connectivity index (χ3v) is 6.91. The topological polar surface area (TPSA) is 39.6 Å². The lowest BCUT2D eigenvalue weighted by Gasteiger charge is -2.24. The normalized spacial score (nSPS) is 21.6. The Labute approximate surface area is 244 Å². The van der Waals surface area contributed by atoms with Gasteiger partial charge in [-0.2, -0.15) is 0 Å². The van der Waals surface area contributed by atoms with Crippen LogP contribution in [-0.2, 0) is 16.5 Å². The van der Waals surface area contributed by atoms with Crippen LogP contribution in [0.25, 0.3) is 0 Å². The van der Waals surface area contributed by atoms with Crippen molar-refractivity contribution in [2.75, 3.05) is 121 Å². The van der Waals surface area contributed by atoms with Crippen LogP contribution in [0.3, 0.4) is 0 Å². The Morgan fingerprint density at radius 3 is 0.923 bits per heavy atom. The molecular weight excluding hydrogens is 488 g/mol. The van der Waals surface area contributed by atoms with Crippen LogP contribution in [0.15, 0.2) is 24.5 Å². The van der Waals surface area contributed by atoms with Gasteiger partial charge >= 0.3 is 0 Å². The molecule has 5 aliphatic rings. The number of piperidine rings is 1. The Morgan fingerprint density at radius 1 is 0.410 bits per heavy atom. The van der Waals surface area contributed by atoms with Crippen molar-refractivity contribution in [3.8, 4) is 0 Å². The zero-order valence-electron chi connectivity index (χ0n) is 25.2. The number of hydrogen-bond acceptors (Lipinski definition) is 7. The molecule has 39 heavy (non-hydrogen) atoms. The monoisotopic (exact) mass is 557 g/mol. The second-order valence-electron chi connectivity index (χ2n) is 10.9. The van der Waals surface area contributed by atoms with Gasteiger partial charge in [0.25, 0.3) is 0 Å². The number of nitrogens with zero attached hydrogens (tertiary/aromatic N) is 6. The van der Waals surface area contributed by atoms with E-state index in [2.05, 4.69) is 52.7 Å². The van der Waals surface area contributed by atoms with Gasteiger partial charge in [-0.3, -0.25) is 4.90 Å². The van der Waals surface area contributed by atoms with Gasteiger partial charge in [0, 0.05) is 39.1 Å². The second-order valence-corrected chi connectivity index (χ2v) is 10.9. The molecule has 1 aromatic rings. The van der Waals surface area contributed by atoms with Gasteiger partial charge in [-0.15, -0.1) is 0 Å². The lowest BCUT2D eigenvalue weighted by molar-refractivity contribution is 0.0503. The summed E-state index contributed by atoms with van der Waals surface area (Å²) in [5.74, 6) is 0. The van der Waals surface area contributed by atoms with E-state index < -0.39 is 0 Å². The van der Waals surface area contributed by atoms with Gasteiger partial charge in [-0.25, -0.2) is 0 Å². The Hall–Kier alpha value is -1.00. The molecule has 5 saturated heterocycles. The summed E-state index contributed by atoms with van der Waals surface area (Å²) in [6, 6.07) is 4.00. The first-order valence-corrected chi connectivity index (χ1v) is 14.5. The van der Waals surface area contributed by atoms with E-state index in [1.807, 2.05) is 43.2 Å². The highest BCUT2D eigenvalue weighted by Gasteiger charge is 2.05. The average molecular weight is 557 g/mol. The molecule has 0 radical (unpaired) electrons. The highest BCUT2D eigenvalue weighted by molar-refractivity contribution is 4.88. The minimum absolute atomic E-state index is 0. The summed E-state index contributed by atoms with van der Waals surface area (Å²) in [4.78, 5) is 11.5. The Bertz CT molecular complexity index is 546. The fourth-order valence-corrected chi connectivity index (χ4v) is 3.98. The summed E-state index contributed by atoms with van der Waals surface area (Å²) in [5, 5.41) is 0. The number of ether oxygens (including phenoxy) is 2. The van der Waals surface area contributed by atoms with Crippen LogP contribution in [-0.4, -0.2) is 150 Å². The predicted octanol–water partition coefficient (Wildman–Crippen LogP) is 4.29. The molecule has 8 heteroatoms. The number of likely N-dealkylation sites (N-methyl/N-ethyl adjacent to an activating group) is 2. The van der Waals surface area contributed by atoms with E-state index >= 15 is 0 Å². The Kier molecular flexibility index (Phi) is 28.0. The molecule has 1 aromatic heterocycles. The molecule has 0 aliphatic carbocycles. The number of likely N-dealkylation sites (tertiary alicyclic amines) is 3. The van der Waals surface area contributed by atoms with Crippen molar-refractivity contribution in [1.82, 2.24) is 29.1 Å². The number of aromatic nitrogens is 1. The van der Waals surface area contributed by atoms with E-state index in [-0.39, 0.29) is 14.9 Å². The molecule has 234 valence electrons. The molecule has 0 aromatic carbocycles. The first kappa shape index (κ1) is 40.1. The summed E-state index contributed by atoms with van der Waals surface area (Å²) in [6.07, 6.45) is 12.5. The van der Waals surface area contributed by atoms with Crippen molar-refractivity contribution in [3.63, 3.8) is 0 Å². The SMILES string of the molecule is C.C.CN1CCC1.CN1CCCC1.CN1CCCCC1.CN1CCOC1.CN1CCOCC1.Cn1cccc1. The summed E-state index contributed by atoms with van der Waals surface area (Å²) in [6.45, 7) is 14.8. The third-order valence-electron chi connectivity index (χ3n) is 6.91. The van der Waals surface area contributed by atoms with Gasteiger partial charge in [-0.05, 0) is 119 Å². The highest BCUT2D eigenvalue weighted by atomic mass is 16.5. The fourth-order valence-electron chi connectivity index (χ4n) is 3.98. The highest BCUT2D eigenvalue weighted by Crippen LogP contribution is 2.04. The van der Waals surface area contributed by atoms with Crippen LogP contribution in [0, 0.1) is 0 Å². The Balaban J connectivity index is 0. The molecule has 5 aliphatic heterocycles. The maximum Gasteiger partial charge on any atom is 0.0989 e. The van der Waals surface area contributed by atoms with Crippen LogP contribution >= 0.6 is 0 Å². The van der Waals surface area contributed by atoms with Crippen molar-refractivity contribution in [1.29, 1.82) is 0 Å². The molecule has 0 spiro atoms. The summed E-state index contributed by atoms with van der Waals surface area (Å²) >= 11 is 0. The van der Waals surface area contributed by atoms with E-state index in [9.17, 15) is 0 Å². The lowest BCUT2D eigenvalue weighted by atomic mass is 10.1. The van der Waals surface area contributed by atoms with E-state index in [1.165, 1.54) is 77.8 Å². The molecule has 0 atom stereocenters. The zero-order valence-corrected chi connectivity index (χ0v) is 25.2. The number of morpholine rings is 1. The van der Waals surface area contributed by atoms with Gasteiger partial charge in [0.15, 0.2) is 0 Å². The fraction of sp³-hybridized carbons (Fsp3) is 0.871. The maximum atomic E-state index is 5.10. The minimum Gasteiger partial charge on any atom is -0.379 e. The van der Waals surface area contributed by atoms with Crippen LogP contribution in [0.5, 0.6) is 0 Å². The quantitative estimate of drug-likeness (QED) is 0.472. The van der Waals surface area contributed by atoms with Crippen LogP contribution in [0.1, 0.15) is 53.4 Å². The molecule has 0 N–H and O–H groups in total. The lowest BCUT2D eigenvalue weighted by Crippen LogP contribution is -2.32. The molecule has 6 heterocycles. The standard InChI is InChI=1S/C6H13N.C5H11NO.C5H11N.C5H7N.C4H9NO.C4H9N.2CH4/c1-7-5-3-2-4-6-7;1-6-2-4-7-5-3-6;2*1-6-4-2-3-5-6;1-5-2-3-6-4-5;1-5-3-2-4-5;;/h2-6H2,1H3;2-5H2,1H3;2-5H2,1H3;2-5H,1H3;2-4H2,1H3;2-4H2,1H3;2*1H4. The van der Waals surface area contributed by atoms with Crippen molar-refractivity contribution in [3.05, 3.63) is 24.5 Å². The van der Waals surface area contributed by atoms with Crippen LogP contribution in [0.2, 0.25) is 0 Å². The summed E-state index contributed by atoms with van der Waals surface area (Å²) < 4.78 is 12.1. The van der Waals surface area contributed by atoms with Gasteiger partial charge in [0.05, 0.1) is 26.6 Å². The van der Waals surface area contributed by atoms with E-state index in [4.69, 9.17) is 9.47 Å². The van der Waals surface area contributed by atoms with Gasteiger partial charge < -0.3 is 33.6 Å². The molecule has 6 rings (SSSR count). The molecular formula is C31H68N6O2. The van der Waals surface area contributed by atoms with Crippen molar-refractivity contribution >= 4 is 0 Å². The molecule has 5 fully saturated rings. The molecule has 0 bridgehead atoms. The first-order chi connectivity index (χ1) is 17.9. The van der Waals surface area contributed by atoms with Gasteiger partial charge in [0.1, 0.15) is 0 Å². The largest absolute Gasteiger partial charge is 0.379 e. The van der Waals surface area contributed by atoms with E-state index in [1.54, 1.807) is 0 Å². The van der Waals surface area contributed by atoms with Crippen LogP contribution < -0.4 is 0 Å². The van der Waals surface area contributed by atoms with Crippen LogP contribution in [0.4, 0.5) is 0 Å².